The summed E-state index contributed by atoms with van der Waals surface area (Å²) < 4.78 is 21.0. The maximum Gasteiger partial charge on any atom is 0.230 e. The molecule has 1 aromatic heterocycles. The maximum absolute atomic E-state index is 13.1. The summed E-state index contributed by atoms with van der Waals surface area (Å²) in [4.78, 5) is 12.2. The molecule has 28 heavy (non-hydrogen) atoms. The Kier molecular flexibility index (Phi) is 6.93. The van der Waals surface area contributed by atoms with Crippen LogP contribution in [0.1, 0.15) is 64.4 Å². The van der Waals surface area contributed by atoms with Gasteiger partial charge >= 0.3 is 0 Å². The Labute approximate surface area is 169 Å². The number of ether oxygens (including phenoxy) is 1. The molecule has 0 saturated heterocycles. The van der Waals surface area contributed by atoms with Crippen molar-refractivity contribution < 1.29 is 13.9 Å². The number of carbonyl (C=O) groups is 1. The van der Waals surface area contributed by atoms with Crippen LogP contribution in [-0.2, 0) is 4.79 Å². The van der Waals surface area contributed by atoms with Gasteiger partial charge in [-0.3, -0.25) is 4.79 Å². The molecule has 0 bridgehead atoms. The molecule has 1 aliphatic carbocycles. The van der Waals surface area contributed by atoms with Crippen molar-refractivity contribution in [3.8, 4) is 5.75 Å². The lowest BCUT2D eigenvalue weighted by Gasteiger charge is -2.19. The topological polar surface area (TPSA) is 69.0 Å². The Morgan fingerprint density at radius 3 is 2.57 bits per heavy atom. The second kappa shape index (κ2) is 9.41. The molecule has 1 unspecified atom stereocenters. The number of thioether (sulfide) groups is 1. The molecule has 1 saturated carbocycles. The van der Waals surface area contributed by atoms with Crippen LogP contribution in [0.3, 0.4) is 0 Å². The molecular formula is C20H27FN4O2S. The van der Waals surface area contributed by atoms with Gasteiger partial charge < -0.3 is 14.6 Å². The van der Waals surface area contributed by atoms with Gasteiger partial charge in [0.25, 0.3) is 0 Å². The fourth-order valence-corrected chi connectivity index (χ4v) is 4.27. The number of rotatable bonds is 8. The van der Waals surface area contributed by atoms with Crippen molar-refractivity contribution >= 4 is 17.7 Å². The molecule has 2 aromatic rings. The van der Waals surface area contributed by atoms with Crippen LogP contribution in [0.4, 0.5) is 4.39 Å². The average Bonchev–Trinajstić information content (AvgIpc) is 3.31. The molecule has 1 fully saturated rings. The summed E-state index contributed by atoms with van der Waals surface area (Å²) in [5.74, 6) is 1.29. The monoisotopic (exact) mass is 406 g/mol. The summed E-state index contributed by atoms with van der Waals surface area (Å²) >= 11 is 1.39. The summed E-state index contributed by atoms with van der Waals surface area (Å²) in [6.45, 7) is 5.97. The summed E-state index contributed by atoms with van der Waals surface area (Å²) in [6, 6.07) is 6.33. The molecule has 3 rings (SSSR count). The van der Waals surface area contributed by atoms with Gasteiger partial charge in [0.1, 0.15) is 11.6 Å². The molecule has 1 aromatic carbocycles. The van der Waals surface area contributed by atoms with Crippen molar-refractivity contribution in [3.05, 3.63) is 35.9 Å². The summed E-state index contributed by atoms with van der Waals surface area (Å²) in [7, 11) is 0. The number of aromatic nitrogens is 3. The van der Waals surface area contributed by atoms with Crippen molar-refractivity contribution in [2.75, 3.05) is 5.75 Å². The number of carbonyl (C=O) groups excluding carboxylic acids is 1. The van der Waals surface area contributed by atoms with Crippen LogP contribution in [0, 0.1) is 5.82 Å². The minimum Gasteiger partial charge on any atom is -0.483 e. The number of hydrogen-bond acceptors (Lipinski definition) is 5. The first kappa shape index (κ1) is 20.6. The fraction of sp³-hybridized carbons (Fsp3) is 0.550. The number of nitrogens with zero attached hydrogens (tertiary/aromatic N) is 3. The summed E-state index contributed by atoms with van der Waals surface area (Å²) in [5.41, 5.74) is 0. The van der Waals surface area contributed by atoms with Gasteiger partial charge in [-0.2, -0.15) is 0 Å². The molecule has 8 heteroatoms. The number of hydrogen-bond donors (Lipinski definition) is 1. The van der Waals surface area contributed by atoms with E-state index in [4.69, 9.17) is 4.74 Å². The molecule has 1 atom stereocenters. The third-order valence-electron chi connectivity index (χ3n) is 4.75. The third kappa shape index (κ3) is 5.25. The highest BCUT2D eigenvalue weighted by atomic mass is 32.2. The molecule has 0 radical (unpaired) electrons. The van der Waals surface area contributed by atoms with Gasteiger partial charge in [-0.05, 0) is 57.9 Å². The van der Waals surface area contributed by atoms with E-state index in [2.05, 4.69) is 15.5 Å². The van der Waals surface area contributed by atoms with Crippen molar-refractivity contribution in [2.24, 2.45) is 0 Å². The number of halogens is 1. The molecular weight excluding hydrogens is 379 g/mol. The van der Waals surface area contributed by atoms with Crippen molar-refractivity contribution in [1.29, 1.82) is 0 Å². The molecule has 0 spiro atoms. The van der Waals surface area contributed by atoms with Crippen molar-refractivity contribution in [2.45, 2.75) is 69.8 Å². The molecule has 6 nitrogen and oxygen atoms in total. The van der Waals surface area contributed by atoms with Gasteiger partial charge in [0.2, 0.25) is 5.91 Å². The molecule has 1 aliphatic rings. The smallest absolute Gasteiger partial charge is 0.230 e. The molecule has 1 heterocycles. The van der Waals surface area contributed by atoms with Crippen LogP contribution < -0.4 is 10.1 Å². The minimum absolute atomic E-state index is 0.0346. The Balaban J connectivity index is 1.65. The van der Waals surface area contributed by atoms with E-state index < -0.39 is 0 Å². The Morgan fingerprint density at radius 1 is 1.25 bits per heavy atom. The van der Waals surface area contributed by atoms with Crippen LogP contribution in [0.25, 0.3) is 0 Å². The zero-order valence-corrected chi connectivity index (χ0v) is 17.3. The Bertz CT molecular complexity index is 788. The number of benzene rings is 1. The maximum atomic E-state index is 13.1. The lowest BCUT2D eigenvalue weighted by molar-refractivity contribution is -0.119. The van der Waals surface area contributed by atoms with Gasteiger partial charge in [-0.1, -0.05) is 24.6 Å². The first-order chi connectivity index (χ1) is 13.4. The van der Waals surface area contributed by atoms with Crippen molar-refractivity contribution in [1.82, 2.24) is 20.1 Å². The van der Waals surface area contributed by atoms with E-state index >= 15 is 0 Å². The second-order valence-electron chi connectivity index (χ2n) is 7.36. The van der Waals surface area contributed by atoms with Gasteiger partial charge in [0, 0.05) is 12.1 Å². The van der Waals surface area contributed by atoms with Crippen LogP contribution in [0.2, 0.25) is 0 Å². The largest absolute Gasteiger partial charge is 0.483 e. The zero-order valence-electron chi connectivity index (χ0n) is 16.5. The fourth-order valence-electron chi connectivity index (χ4n) is 3.39. The van der Waals surface area contributed by atoms with E-state index in [1.165, 1.54) is 36.7 Å². The molecule has 152 valence electrons. The molecule has 1 amide bonds. The van der Waals surface area contributed by atoms with Crippen molar-refractivity contribution in [3.63, 3.8) is 0 Å². The highest BCUT2D eigenvalue weighted by molar-refractivity contribution is 7.99. The normalized spacial score (nSPS) is 15.8. The van der Waals surface area contributed by atoms with Gasteiger partial charge in [-0.15, -0.1) is 10.2 Å². The lowest BCUT2D eigenvalue weighted by atomic mass is 10.2. The van der Waals surface area contributed by atoms with Crippen LogP contribution >= 0.6 is 11.8 Å². The van der Waals surface area contributed by atoms with E-state index in [0.29, 0.717) is 28.5 Å². The lowest BCUT2D eigenvalue weighted by Crippen LogP contribution is -2.33. The number of nitrogens with one attached hydrogen (secondary N) is 1. The van der Waals surface area contributed by atoms with E-state index in [0.717, 1.165) is 12.8 Å². The summed E-state index contributed by atoms with van der Waals surface area (Å²) in [6.07, 6.45) is 4.16. The van der Waals surface area contributed by atoms with Crippen LogP contribution in [0.15, 0.2) is 29.4 Å². The third-order valence-corrected chi connectivity index (χ3v) is 5.69. The highest BCUT2D eigenvalue weighted by Gasteiger charge is 2.23. The first-order valence-corrected chi connectivity index (χ1v) is 10.7. The standard InChI is InChI=1S/C20H27FN4O2S/c1-13(2)25-19(14(3)27-17-10-8-15(21)9-11-17)23-24-20(25)28-12-18(26)22-16-6-4-5-7-16/h8-11,13-14,16H,4-7,12H2,1-3H3,(H,22,26). The van der Waals surface area contributed by atoms with Crippen LogP contribution in [-0.4, -0.2) is 32.5 Å². The Hall–Kier alpha value is -2.09. The van der Waals surface area contributed by atoms with Crippen LogP contribution in [0.5, 0.6) is 5.75 Å². The van der Waals surface area contributed by atoms with Gasteiger partial charge in [-0.25, -0.2) is 4.39 Å². The predicted octanol–water partition coefficient (Wildman–Crippen LogP) is 4.29. The molecule has 0 aliphatic heterocycles. The van der Waals surface area contributed by atoms with E-state index in [1.54, 1.807) is 12.1 Å². The summed E-state index contributed by atoms with van der Waals surface area (Å²) in [5, 5.41) is 12.4. The van der Waals surface area contributed by atoms with E-state index in [-0.39, 0.29) is 23.9 Å². The van der Waals surface area contributed by atoms with Gasteiger partial charge in [0.05, 0.1) is 5.75 Å². The van der Waals surface area contributed by atoms with Gasteiger partial charge in [0.15, 0.2) is 17.1 Å². The zero-order chi connectivity index (χ0) is 20.1. The number of amides is 1. The Morgan fingerprint density at radius 2 is 1.93 bits per heavy atom. The quantitative estimate of drug-likeness (QED) is 0.663. The first-order valence-electron chi connectivity index (χ1n) is 9.73. The predicted molar refractivity (Wildman–Crippen MR) is 107 cm³/mol. The van der Waals surface area contributed by atoms with E-state index in [1.807, 2.05) is 25.3 Å². The molecule has 1 N–H and O–H groups in total. The SMILES string of the molecule is CC(Oc1ccc(F)cc1)c1nnc(SCC(=O)NC2CCCC2)n1C(C)C. The van der Waals surface area contributed by atoms with E-state index in [9.17, 15) is 9.18 Å². The average molecular weight is 407 g/mol. The minimum atomic E-state index is -0.359. The highest BCUT2D eigenvalue weighted by Crippen LogP contribution is 2.28. The second-order valence-corrected chi connectivity index (χ2v) is 8.30.